The number of anilines is 3. The highest BCUT2D eigenvalue weighted by Crippen LogP contribution is 2.46. The molecule has 0 N–H and O–H groups in total. The molecule has 9 aromatic rings. The van der Waals surface area contributed by atoms with Gasteiger partial charge in [0.25, 0.3) is 0 Å². The standard InChI is InChI=1S/C50H45N5O/c1-49(2,3)33-27-28-51-46(29-33)55-44-26-25-43-47(38-19-10-11-20-40(38)54(43)34-15-8-7-9-16-34)48(44)39-24-23-37(31-45(39)55)56-36-18-14-17-35(30-36)52-32-53(50(4,5)6)42-22-13-12-21-41(42)52/h7-31H,32H2,1-6H3. The molecule has 4 heterocycles. The van der Waals surface area contributed by atoms with E-state index in [2.05, 4.69) is 200 Å². The van der Waals surface area contributed by atoms with Crippen LogP contribution in [-0.2, 0) is 5.41 Å². The normalized spacial score (nSPS) is 13.4. The van der Waals surface area contributed by atoms with Crippen molar-refractivity contribution in [3.63, 3.8) is 0 Å². The Kier molecular flexibility index (Phi) is 7.59. The number of benzene rings is 6. The van der Waals surface area contributed by atoms with Crippen LogP contribution in [0.5, 0.6) is 11.5 Å². The Morgan fingerprint density at radius 3 is 1.95 bits per heavy atom. The smallest absolute Gasteiger partial charge is 0.137 e. The molecule has 0 atom stereocenters. The topological polar surface area (TPSA) is 38.5 Å². The molecule has 0 fully saturated rings. The number of ether oxygens (including phenoxy) is 1. The molecule has 276 valence electrons. The van der Waals surface area contributed by atoms with Gasteiger partial charge in [-0.25, -0.2) is 4.98 Å². The number of nitrogens with zero attached hydrogens (tertiary/aromatic N) is 5. The molecule has 6 aromatic carbocycles. The third-order valence-electron chi connectivity index (χ3n) is 11.3. The lowest BCUT2D eigenvalue weighted by Gasteiger charge is -2.34. The molecule has 1 aliphatic heterocycles. The Morgan fingerprint density at radius 1 is 0.518 bits per heavy atom. The average molecular weight is 732 g/mol. The average Bonchev–Trinajstić information content (AvgIpc) is 3.86. The summed E-state index contributed by atoms with van der Waals surface area (Å²) in [5.41, 5.74) is 10.4. The summed E-state index contributed by atoms with van der Waals surface area (Å²) in [4.78, 5) is 9.84. The van der Waals surface area contributed by atoms with Crippen LogP contribution in [-0.4, -0.2) is 26.3 Å². The van der Waals surface area contributed by atoms with Gasteiger partial charge in [0, 0.05) is 56.8 Å². The first kappa shape index (κ1) is 34.0. The quantitative estimate of drug-likeness (QED) is 0.177. The fourth-order valence-corrected chi connectivity index (χ4v) is 8.58. The number of aromatic nitrogens is 3. The number of hydrogen-bond donors (Lipinski definition) is 0. The van der Waals surface area contributed by atoms with Crippen molar-refractivity contribution in [1.82, 2.24) is 14.1 Å². The zero-order valence-electron chi connectivity index (χ0n) is 32.8. The van der Waals surface area contributed by atoms with Crippen molar-refractivity contribution in [2.45, 2.75) is 52.5 Å². The lowest BCUT2D eigenvalue weighted by atomic mass is 9.88. The molecular weight excluding hydrogens is 687 g/mol. The fourth-order valence-electron chi connectivity index (χ4n) is 8.58. The van der Waals surface area contributed by atoms with E-state index in [1.807, 2.05) is 12.3 Å². The molecule has 0 saturated heterocycles. The van der Waals surface area contributed by atoms with Gasteiger partial charge in [-0.3, -0.25) is 4.57 Å². The van der Waals surface area contributed by atoms with Crippen molar-refractivity contribution in [3.05, 3.63) is 157 Å². The maximum absolute atomic E-state index is 6.78. The lowest BCUT2D eigenvalue weighted by molar-refractivity contribution is 0.483. The van der Waals surface area contributed by atoms with Crippen LogP contribution in [0.4, 0.5) is 17.1 Å². The van der Waals surface area contributed by atoms with Crippen LogP contribution >= 0.6 is 0 Å². The summed E-state index contributed by atoms with van der Waals surface area (Å²) >= 11 is 0. The molecule has 6 heteroatoms. The van der Waals surface area contributed by atoms with Crippen LogP contribution in [0.25, 0.3) is 55.1 Å². The van der Waals surface area contributed by atoms with E-state index >= 15 is 0 Å². The van der Waals surface area contributed by atoms with E-state index in [9.17, 15) is 0 Å². The van der Waals surface area contributed by atoms with E-state index in [0.717, 1.165) is 51.8 Å². The molecule has 3 aromatic heterocycles. The first-order chi connectivity index (χ1) is 27.0. The second kappa shape index (κ2) is 12.5. The summed E-state index contributed by atoms with van der Waals surface area (Å²) in [6, 6.07) is 51.9. The molecule has 10 rings (SSSR count). The van der Waals surface area contributed by atoms with Gasteiger partial charge in [0.05, 0.1) is 40.1 Å². The highest BCUT2D eigenvalue weighted by molar-refractivity contribution is 6.29. The zero-order chi connectivity index (χ0) is 38.3. The minimum atomic E-state index is -0.0358. The van der Waals surface area contributed by atoms with E-state index in [-0.39, 0.29) is 11.0 Å². The maximum Gasteiger partial charge on any atom is 0.137 e. The van der Waals surface area contributed by atoms with Gasteiger partial charge >= 0.3 is 0 Å². The summed E-state index contributed by atoms with van der Waals surface area (Å²) < 4.78 is 11.5. The lowest BCUT2D eigenvalue weighted by Crippen LogP contribution is -2.42. The maximum atomic E-state index is 6.78. The van der Waals surface area contributed by atoms with E-state index in [0.29, 0.717) is 0 Å². The molecule has 6 nitrogen and oxygen atoms in total. The summed E-state index contributed by atoms with van der Waals surface area (Å²) in [6.45, 7) is 14.3. The van der Waals surface area contributed by atoms with Gasteiger partial charge in [0.15, 0.2) is 0 Å². The van der Waals surface area contributed by atoms with Gasteiger partial charge in [0.2, 0.25) is 0 Å². The minimum Gasteiger partial charge on any atom is -0.457 e. The molecule has 0 aliphatic carbocycles. The van der Waals surface area contributed by atoms with E-state index in [1.54, 1.807) is 0 Å². The van der Waals surface area contributed by atoms with Gasteiger partial charge in [-0.1, -0.05) is 75.4 Å². The van der Waals surface area contributed by atoms with E-state index in [1.165, 1.54) is 44.1 Å². The third-order valence-corrected chi connectivity index (χ3v) is 11.3. The molecule has 0 saturated carbocycles. The minimum absolute atomic E-state index is 0.0177. The highest BCUT2D eigenvalue weighted by Gasteiger charge is 2.33. The number of fused-ring (bicyclic) bond motifs is 8. The van der Waals surface area contributed by atoms with Crippen LogP contribution in [0, 0.1) is 0 Å². The van der Waals surface area contributed by atoms with E-state index < -0.39 is 0 Å². The van der Waals surface area contributed by atoms with Gasteiger partial charge in [-0.15, -0.1) is 0 Å². The molecule has 0 bridgehead atoms. The first-order valence-corrected chi connectivity index (χ1v) is 19.5. The Morgan fingerprint density at radius 2 is 1.18 bits per heavy atom. The molecule has 0 radical (unpaired) electrons. The Labute approximate surface area is 327 Å². The summed E-state index contributed by atoms with van der Waals surface area (Å²) in [6.07, 6.45) is 1.94. The summed E-state index contributed by atoms with van der Waals surface area (Å²) in [5.74, 6) is 2.45. The van der Waals surface area contributed by atoms with Crippen LogP contribution in [0.15, 0.2) is 152 Å². The second-order valence-corrected chi connectivity index (χ2v) is 17.0. The van der Waals surface area contributed by atoms with Gasteiger partial charge < -0.3 is 19.1 Å². The SMILES string of the molecule is CC(C)(C)c1ccnc(-n2c3cc(Oc4cccc(N5CN(C(C)(C)C)c6ccccc65)c4)ccc3c3c4c5ccccc5n(-c5ccccc5)c4ccc32)c1. The van der Waals surface area contributed by atoms with Gasteiger partial charge in [0.1, 0.15) is 17.3 Å². The largest absolute Gasteiger partial charge is 0.457 e. The van der Waals surface area contributed by atoms with Crippen molar-refractivity contribution in [3.8, 4) is 23.0 Å². The third kappa shape index (κ3) is 5.42. The molecule has 0 spiro atoms. The van der Waals surface area contributed by atoms with Gasteiger partial charge in [-0.05, 0) is 111 Å². The van der Waals surface area contributed by atoms with E-state index in [4.69, 9.17) is 9.72 Å². The molecule has 1 aliphatic rings. The number of rotatable bonds is 5. The molecular formula is C50H45N5O. The number of hydrogen-bond acceptors (Lipinski definition) is 4. The summed E-state index contributed by atoms with van der Waals surface area (Å²) in [7, 11) is 0. The zero-order valence-corrected chi connectivity index (χ0v) is 32.8. The van der Waals surface area contributed by atoms with Crippen LogP contribution < -0.4 is 14.5 Å². The predicted octanol–water partition coefficient (Wildman–Crippen LogP) is 13.1. The Balaban J connectivity index is 1.15. The first-order valence-electron chi connectivity index (χ1n) is 19.5. The monoisotopic (exact) mass is 731 g/mol. The van der Waals surface area contributed by atoms with Crippen LogP contribution in [0.1, 0.15) is 47.1 Å². The van der Waals surface area contributed by atoms with Crippen molar-refractivity contribution in [2.24, 2.45) is 0 Å². The van der Waals surface area contributed by atoms with Crippen molar-refractivity contribution < 1.29 is 4.74 Å². The fraction of sp³-hybridized carbons (Fsp3) is 0.180. The van der Waals surface area contributed by atoms with Crippen molar-refractivity contribution in [2.75, 3.05) is 16.5 Å². The van der Waals surface area contributed by atoms with Crippen molar-refractivity contribution >= 4 is 60.7 Å². The van der Waals surface area contributed by atoms with Crippen LogP contribution in [0.3, 0.4) is 0 Å². The van der Waals surface area contributed by atoms with Crippen molar-refractivity contribution in [1.29, 1.82) is 0 Å². The molecule has 0 unspecified atom stereocenters. The second-order valence-electron chi connectivity index (χ2n) is 17.0. The van der Waals surface area contributed by atoms with Gasteiger partial charge in [-0.2, -0.15) is 0 Å². The highest BCUT2D eigenvalue weighted by atomic mass is 16.5. The number of pyridine rings is 1. The Bertz CT molecular complexity index is 2960. The molecule has 0 amide bonds. The summed E-state index contributed by atoms with van der Waals surface area (Å²) in [5, 5.41) is 4.81. The number of para-hydroxylation sites is 4. The van der Waals surface area contributed by atoms with Crippen LogP contribution in [0.2, 0.25) is 0 Å². The predicted molar refractivity (Wildman–Crippen MR) is 234 cm³/mol. The Hall–Kier alpha value is -6.53. The molecule has 56 heavy (non-hydrogen) atoms.